The Balaban J connectivity index is 0.000000145. The number of hydrogen-bond donors (Lipinski definition) is 3. The normalized spacial score (nSPS) is 18.4. The Morgan fingerprint density at radius 3 is 0.952 bits per heavy atom. The summed E-state index contributed by atoms with van der Waals surface area (Å²) in [7, 11) is 0. The summed E-state index contributed by atoms with van der Waals surface area (Å²) < 4.78 is 0. The van der Waals surface area contributed by atoms with E-state index in [1.54, 1.807) is 0 Å². The van der Waals surface area contributed by atoms with E-state index in [0.717, 1.165) is 54.3 Å². The maximum atomic E-state index is 5.83. The summed E-state index contributed by atoms with van der Waals surface area (Å²) in [6.07, 6.45) is 7.33. The lowest BCUT2D eigenvalue weighted by molar-refractivity contribution is 0.531. The quantitative estimate of drug-likeness (QED) is 0.226. The predicted octanol–water partition coefficient (Wildman–Crippen LogP) is 7.74. The number of rotatable bonds is 6. The largest absolute Gasteiger partial charge is 0.317 e. The standard InChI is InChI=1S/3C10H13ClN2S/c3*11-9-2-1-3-10(13-9)14-8-4-6-12-7-5-8/h3*1-3,8,12H,4-7H2. The summed E-state index contributed by atoms with van der Waals surface area (Å²) in [5.41, 5.74) is 0. The van der Waals surface area contributed by atoms with Crippen LogP contribution < -0.4 is 16.0 Å². The molecule has 3 aromatic rings. The second-order valence-corrected chi connectivity index (χ2v) is 15.2. The van der Waals surface area contributed by atoms with Crippen molar-refractivity contribution in [1.82, 2.24) is 30.9 Å². The molecule has 0 amide bonds. The first-order chi connectivity index (χ1) is 20.5. The van der Waals surface area contributed by atoms with Crippen molar-refractivity contribution in [2.45, 2.75) is 69.4 Å². The van der Waals surface area contributed by atoms with Crippen molar-refractivity contribution in [2.75, 3.05) is 39.3 Å². The SMILES string of the molecule is Clc1cccc(SC2CCNCC2)n1.Clc1cccc(SC2CCNCC2)n1.Clc1cccc(SC2CCNCC2)n1. The van der Waals surface area contributed by atoms with Crippen LogP contribution in [0.5, 0.6) is 0 Å². The minimum Gasteiger partial charge on any atom is -0.317 e. The van der Waals surface area contributed by atoms with Gasteiger partial charge in [0.2, 0.25) is 0 Å². The Morgan fingerprint density at radius 1 is 0.452 bits per heavy atom. The number of nitrogens with one attached hydrogen (secondary N) is 3. The highest BCUT2D eigenvalue weighted by Crippen LogP contribution is 2.29. The first kappa shape index (κ1) is 34.1. The fourth-order valence-corrected chi connectivity index (χ4v) is 8.62. The molecule has 0 bridgehead atoms. The van der Waals surface area contributed by atoms with E-state index < -0.39 is 0 Å². The molecule has 0 spiro atoms. The van der Waals surface area contributed by atoms with Gasteiger partial charge < -0.3 is 16.0 Å². The van der Waals surface area contributed by atoms with E-state index in [0.29, 0.717) is 31.2 Å². The molecule has 3 fully saturated rings. The Bertz CT molecular complexity index is 1050. The first-order valence-corrected chi connectivity index (χ1v) is 18.3. The van der Waals surface area contributed by atoms with Crippen LogP contribution in [0, 0.1) is 0 Å². The summed E-state index contributed by atoms with van der Waals surface area (Å²) in [5.74, 6) is 0. The van der Waals surface area contributed by atoms with Crippen LogP contribution in [-0.2, 0) is 0 Å². The number of pyridine rings is 3. The molecule has 0 atom stereocenters. The minimum absolute atomic E-state index is 0.587. The number of thioether (sulfide) groups is 3. The third kappa shape index (κ3) is 13.5. The average molecular weight is 686 g/mol. The zero-order valence-corrected chi connectivity index (χ0v) is 28.3. The molecule has 42 heavy (non-hydrogen) atoms. The third-order valence-electron chi connectivity index (χ3n) is 6.79. The second-order valence-electron chi connectivity index (χ2n) is 10.1. The average Bonchev–Trinajstić information content (AvgIpc) is 3.00. The molecule has 12 heteroatoms. The highest BCUT2D eigenvalue weighted by Gasteiger charge is 2.16. The molecule has 0 aliphatic carbocycles. The number of piperidine rings is 3. The van der Waals surface area contributed by atoms with Crippen LogP contribution in [0.2, 0.25) is 15.5 Å². The van der Waals surface area contributed by atoms with Crippen molar-refractivity contribution >= 4 is 70.1 Å². The molecule has 6 rings (SSSR count). The summed E-state index contributed by atoms with van der Waals surface area (Å²) in [6.45, 7) is 6.74. The van der Waals surface area contributed by atoms with E-state index in [2.05, 4.69) is 30.9 Å². The third-order valence-corrected chi connectivity index (χ3v) is 11.2. The Morgan fingerprint density at radius 2 is 0.714 bits per heavy atom. The van der Waals surface area contributed by atoms with Crippen LogP contribution >= 0.6 is 70.1 Å². The molecule has 0 aromatic carbocycles. The van der Waals surface area contributed by atoms with Crippen LogP contribution in [-0.4, -0.2) is 70.0 Å². The van der Waals surface area contributed by atoms with Crippen molar-refractivity contribution in [2.24, 2.45) is 0 Å². The number of hydrogen-bond acceptors (Lipinski definition) is 9. The van der Waals surface area contributed by atoms with Gasteiger partial charge in [0.05, 0.1) is 15.1 Å². The zero-order valence-electron chi connectivity index (χ0n) is 23.6. The molecular weight excluding hydrogens is 647 g/mol. The first-order valence-electron chi connectivity index (χ1n) is 14.5. The van der Waals surface area contributed by atoms with Gasteiger partial charge in [-0.25, -0.2) is 15.0 Å². The molecular formula is C30H39Cl3N6S3. The Kier molecular flexibility index (Phi) is 15.9. The smallest absolute Gasteiger partial charge is 0.130 e. The molecule has 3 N–H and O–H groups in total. The van der Waals surface area contributed by atoms with Crippen LogP contribution in [0.4, 0.5) is 0 Å². The fourth-order valence-electron chi connectivity index (χ4n) is 4.62. The van der Waals surface area contributed by atoms with Crippen molar-refractivity contribution in [3.63, 3.8) is 0 Å². The van der Waals surface area contributed by atoms with Crippen LogP contribution in [0.1, 0.15) is 38.5 Å². The van der Waals surface area contributed by atoms with E-state index in [1.165, 1.54) is 38.5 Å². The maximum Gasteiger partial charge on any atom is 0.130 e. The molecule has 6 nitrogen and oxygen atoms in total. The van der Waals surface area contributed by atoms with Crippen molar-refractivity contribution in [3.05, 3.63) is 70.1 Å². The molecule has 228 valence electrons. The maximum absolute atomic E-state index is 5.83. The van der Waals surface area contributed by atoms with Crippen LogP contribution in [0.3, 0.4) is 0 Å². The van der Waals surface area contributed by atoms with E-state index in [-0.39, 0.29) is 0 Å². The summed E-state index contributed by atoms with van der Waals surface area (Å²) in [4.78, 5) is 12.8. The second kappa shape index (κ2) is 19.6. The van der Waals surface area contributed by atoms with Gasteiger partial charge in [-0.1, -0.05) is 53.0 Å². The lowest BCUT2D eigenvalue weighted by Gasteiger charge is -2.21. The molecule has 3 aliphatic rings. The van der Waals surface area contributed by atoms with Gasteiger partial charge in [0.1, 0.15) is 15.5 Å². The van der Waals surface area contributed by atoms with Gasteiger partial charge in [-0.05, 0) is 114 Å². The van der Waals surface area contributed by atoms with E-state index in [1.807, 2.05) is 89.9 Å². The Labute approximate surface area is 278 Å². The molecule has 3 saturated heterocycles. The lowest BCUT2D eigenvalue weighted by atomic mass is 10.2. The van der Waals surface area contributed by atoms with Gasteiger partial charge in [0.15, 0.2) is 0 Å². The molecule has 3 aliphatic heterocycles. The van der Waals surface area contributed by atoms with Crippen LogP contribution in [0.25, 0.3) is 0 Å². The number of halogens is 3. The molecule has 0 saturated carbocycles. The van der Waals surface area contributed by atoms with Gasteiger partial charge in [0.25, 0.3) is 0 Å². The lowest BCUT2D eigenvalue weighted by Crippen LogP contribution is -2.29. The molecule has 3 aromatic heterocycles. The van der Waals surface area contributed by atoms with Gasteiger partial charge in [0, 0.05) is 15.7 Å². The topological polar surface area (TPSA) is 74.8 Å². The predicted molar refractivity (Wildman–Crippen MR) is 183 cm³/mol. The molecule has 0 radical (unpaired) electrons. The fraction of sp³-hybridized carbons (Fsp3) is 0.500. The van der Waals surface area contributed by atoms with Gasteiger partial charge in [-0.2, -0.15) is 0 Å². The van der Waals surface area contributed by atoms with Crippen molar-refractivity contribution in [3.8, 4) is 0 Å². The highest BCUT2D eigenvalue weighted by atomic mass is 35.5. The summed E-state index contributed by atoms with van der Waals surface area (Å²) in [6, 6.07) is 17.4. The highest BCUT2D eigenvalue weighted by molar-refractivity contribution is 8.00. The van der Waals surface area contributed by atoms with E-state index >= 15 is 0 Å². The molecule has 6 heterocycles. The van der Waals surface area contributed by atoms with E-state index in [9.17, 15) is 0 Å². The van der Waals surface area contributed by atoms with Crippen molar-refractivity contribution in [1.29, 1.82) is 0 Å². The number of nitrogens with zero attached hydrogens (tertiary/aromatic N) is 3. The van der Waals surface area contributed by atoms with Gasteiger partial charge in [-0.3, -0.25) is 0 Å². The van der Waals surface area contributed by atoms with Crippen molar-refractivity contribution < 1.29 is 0 Å². The van der Waals surface area contributed by atoms with E-state index in [4.69, 9.17) is 34.8 Å². The van der Waals surface area contributed by atoms with Gasteiger partial charge >= 0.3 is 0 Å². The summed E-state index contributed by atoms with van der Waals surface area (Å²) in [5, 5.41) is 17.0. The van der Waals surface area contributed by atoms with Gasteiger partial charge in [-0.15, -0.1) is 35.3 Å². The number of aromatic nitrogens is 3. The van der Waals surface area contributed by atoms with Crippen LogP contribution in [0.15, 0.2) is 69.7 Å². The Hall–Kier alpha value is -0.750. The minimum atomic E-state index is 0.587. The molecule has 0 unspecified atom stereocenters. The monoisotopic (exact) mass is 684 g/mol. The zero-order chi connectivity index (χ0) is 29.4. The summed E-state index contributed by atoms with van der Waals surface area (Å²) >= 11 is 23.0.